The van der Waals surface area contributed by atoms with E-state index in [1.807, 2.05) is 0 Å². The lowest BCUT2D eigenvalue weighted by Gasteiger charge is -2.25. The second-order valence-corrected chi connectivity index (χ2v) is 5.42. The average Bonchev–Trinajstić information content (AvgIpc) is 2.40. The molecule has 0 radical (unpaired) electrons. The Labute approximate surface area is 97.3 Å². The molecule has 0 aromatic heterocycles. The molecule has 0 amide bonds. The molecule has 0 spiro atoms. The van der Waals surface area contributed by atoms with Gasteiger partial charge in [-0.05, 0) is 24.7 Å². The normalized spacial score (nSPS) is 23.2. The molecule has 1 fully saturated rings. The van der Waals surface area contributed by atoms with Crippen molar-refractivity contribution in [3.05, 3.63) is 11.6 Å². The van der Waals surface area contributed by atoms with Crippen LogP contribution in [0, 0.1) is 5.41 Å². The van der Waals surface area contributed by atoms with E-state index in [9.17, 15) is 0 Å². The first-order valence-corrected chi connectivity index (χ1v) is 7.09. The van der Waals surface area contributed by atoms with Crippen LogP contribution in [-0.2, 0) is 0 Å². The van der Waals surface area contributed by atoms with Crippen molar-refractivity contribution in [2.24, 2.45) is 5.41 Å². The summed E-state index contributed by atoms with van der Waals surface area (Å²) in [6.45, 7) is 4.70. The summed E-state index contributed by atoms with van der Waals surface area (Å²) in [6, 6.07) is 0. The molecule has 0 N–H and O–H groups in total. The minimum Gasteiger partial charge on any atom is -0.0880 e. The number of allylic oxidation sites excluding steroid dienone is 2. The van der Waals surface area contributed by atoms with Crippen molar-refractivity contribution in [3.63, 3.8) is 0 Å². The third-order valence-electron chi connectivity index (χ3n) is 3.42. The third-order valence-corrected chi connectivity index (χ3v) is 4.14. The number of hydrogen-bond donors (Lipinski definition) is 0. The molecule has 0 atom stereocenters. The molecule has 1 aliphatic carbocycles. The highest BCUT2D eigenvalue weighted by Crippen LogP contribution is 2.37. The van der Waals surface area contributed by atoms with Gasteiger partial charge >= 0.3 is 0 Å². The predicted molar refractivity (Wildman–Crippen MR) is 68.0 cm³/mol. The van der Waals surface area contributed by atoms with Gasteiger partial charge in [0.1, 0.15) is 0 Å². The highest BCUT2D eigenvalue weighted by atomic mass is 79.9. The van der Waals surface area contributed by atoms with Crippen molar-refractivity contribution in [2.45, 2.75) is 58.8 Å². The van der Waals surface area contributed by atoms with Crippen molar-refractivity contribution in [2.75, 3.05) is 5.33 Å². The molecule has 0 nitrogen and oxygen atoms in total. The van der Waals surface area contributed by atoms with Gasteiger partial charge in [-0.2, -0.15) is 0 Å². The summed E-state index contributed by atoms with van der Waals surface area (Å²) in [5.41, 5.74) is 2.07. The van der Waals surface area contributed by atoms with E-state index in [-0.39, 0.29) is 0 Å². The van der Waals surface area contributed by atoms with E-state index >= 15 is 0 Å². The lowest BCUT2D eigenvalue weighted by molar-refractivity contribution is 0.365. The number of alkyl halides is 1. The molecule has 1 heteroatoms. The largest absolute Gasteiger partial charge is 0.0880 e. The van der Waals surface area contributed by atoms with E-state index in [1.54, 1.807) is 5.57 Å². The Kier molecular flexibility index (Phi) is 5.22. The van der Waals surface area contributed by atoms with Crippen molar-refractivity contribution >= 4 is 15.9 Å². The summed E-state index contributed by atoms with van der Waals surface area (Å²) in [5, 5.41) is 1.05. The fourth-order valence-corrected chi connectivity index (χ4v) is 2.97. The van der Waals surface area contributed by atoms with Gasteiger partial charge in [-0.15, -0.1) is 0 Å². The van der Waals surface area contributed by atoms with Crippen molar-refractivity contribution in [1.29, 1.82) is 0 Å². The Hall–Kier alpha value is 0.220. The molecule has 0 bridgehead atoms. The zero-order valence-electron chi connectivity index (χ0n) is 9.61. The average molecular weight is 259 g/mol. The van der Waals surface area contributed by atoms with Crippen LogP contribution in [0.15, 0.2) is 11.6 Å². The van der Waals surface area contributed by atoms with Crippen molar-refractivity contribution < 1.29 is 0 Å². The van der Waals surface area contributed by atoms with Gasteiger partial charge in [-0.3, -0.25) is 0 Å². The molecule has 82 valence electrons. The Morgan fingerprint density at radius 2 is 1.79 bits per heavy atom. The summed E-state index contributed by atoms with van der Waals surface area (Å²) in [7, 11) is 0. The van der Waals surface area contributed by atoms with E-state index in [2.05, 4.69) is 35.9 Å². The molecule has 0 heterocycles. The van der Waals surface area contributed by atoms with E-state index in [4.69, 9.17) is 0 Å². The Balaban J connectivity index is 2.65. The second-order valence-electron chi connectivity index (χ2n) is 4.86. The van der Waals surface area contributed by atoms with Gasteiger partial charge < -0.3 is 0 Å². The number of halogens is 1. The molecule has 0 aromatic rings. The molecular weight excluding hydrogens is 236 g/mol. The first-order chi connectivity index (χ1) is 6.70. The second kappa shape index (κ2) is 5.95. The minimum atomic E-state index is 0.496. The van der Waals surface area contributed by atoms with Gasteiger partial charge in [0.15, 0.2) is 0 Å². The standard InChI is InChI=1S/C13H23Br/c1-3-12(11-14)10-13(2)8-6-4-5-7-9-13/h10H,3-9,11H2,1-2H3/b12-10-. The van der Waals surface area contributed by atoms with Crippen LogP contribution in [-0.4, -0.2) is 5.33 Å². The number of hydrogen-bond acceptors (Lipinski definition) is 0. The highest BCUT2D eigenvalue weighted by Gasteiger charge is 2.23. The Bertz CT molecular complexity index is 179. The first kappa shape index (κ1) is 12.3. The summed E-state index contributed by atoms with van der Waals surface area (Å²) in [5.74, 6) is 0. The Morgan fingerprint density at radius 3 is 2.21 bits per heavy atom. The van der Waals surface area contributed by atoms with Crippen LogP contribution in [0.1, 0.15) is 58.8 Å². The molecule has 0 aromatic carbocycles. The van der Waals surface area contributed by atoms with Crippen LogP contribution >= 0.6 is 15.9 Å². The predicted octanol–water partition coefficient (Wildman–Crippen LogP) is 5.08. The smallest absolute Gasteiger partial charge is 0.0241 e. The molecule has 0 aliphatic heterocycles. The topological polar surface area (TPSA) is 0 Å². The molecular formula is C13H23Br. The van der Waals surface area contributed by atoms with E-state index in [0.29, 0.717) is 5.41 Å². The third kappa shape index (κ3) is 3.76. The molecule has 1 aliphatic rings. The number of rotatable bonds is 3. The van der Waals surface area contributed by atoms with E-state index in [0.717, 1.165) is 5.33 Å². The maximum atomic E-state index is 3.58. The van der Waals surface area contributed by atoms with Crippen LogP contribution in [0.4, 0.5) is 0 Å². The summed E-state index contributed by atoms with van der Waals surface area (Å²) < 4.78 is 0. The SMILES string of the molecule is CC/C(=C/C1(C)CCCCCC1)CBr. The molecule has 1 rings (SSSR count). The van der Waals surface area contributed by atoms with Gasteiger partial charge in [0.2, 0.25) is 0 Å². The fraction of sp³-hybridized carbons (Fsp3) is 0.846. The van der Waals surface area contributed by atoms with Crippen LogP contribution in [0.25, 0.3) is 0 Å². The summed E-state index contributed by atoms with van der Waals surface area (Å²) >= 11 is 3.58. The zero-order valence-corrected chi connectivity index (χ0v) is 11.2. The van der Waals surface area contributed by atoms with Gasteiger partial charge in [-0.25, -0.2) is 0 Å². The van der Waals surface area contributed by atoms with E-state index in [1.165, 1.54) is 44.9 Å². The van der Waals surface area contributed by atoms with Crippen LogP contribution in [0.2, 0.25) is 0 Å². The Morgan fingerprint density at radius 1 is 1.21 bits per heavy atom. The van der Waals surface area contributed by atoms with Crippen molar-refractivity contribution in [1.82, 2.24) is 0 Å². The maximum Gasteiger partial charge on any atom is 0.0241 e. The minimum absolute atomic E-state index is 0.496. The molecule has 0 saturated heterocycles. The summed E-state index contributed by atoms with van der Waals surface area (Å²) in [6.07, 6.45) is 12.3. The monoisotopic (exact) mass is 258 g/mol. The molecule has 1 saturated carbocycles. The van der Waals surface area contributed by atoms with Gasteiger partial charge in [0, 0.05) is 5.33 Å². The van der Waals surface area contributed by atoms with Gasteiger partial charge in [0.25, 0.3) is 0 Å². The van der Waals surface area contributed by atoms with Crippen molar-refractivity contribution in [3.8, 4) is 0 Å². The zero-order chi connectivity index (χ0) is 10.4. The molecule has 0 unspecified atom stereocenters. The first-order valence-electron chi connectivity index (χ1n) is 5.97. The maximum absolute atomic E-state index is 3.58. The highest BCUT2D eigenvalue weighted by molar-refractivity contribution is 9.09. The molecule has 14 heavy (non-hydrogen) atoms. The van der Waals surface area contributed by atoms with Crippen LogP contribution in [0.5, 0.6) is 0 Å². The van der Waals surface area contributed by atoms with Crippen LogP contribution in [0.3, 0.4) is 0 Å². The van der Waals surface area contributed by atoms with Gasteiger partial charge in [0.05, 0.1) is 0 Å². The quantitative estimate of drug-likeness (QED) is 0.376. The van der Waals surface area contributed by atoms with Crippen LogP contribution < -0.4 is 0 Å². The van der Waals surface area contributed by atoms with E-state index < -0.39 is 0 Å². The lowest BCUT2D eigenvalue weighted by atomic mass is 9.81. The lowest BCUT2D eigenvalue weighted by Crippen LogP contribution is -2.12. The fourth-order valence-electron chi connectivity index (χ4n) is 2.41. The summed E-state index contributed by atoms with van der Waals surface area (Å²) in [4.78, 5) is 0. The van der Waals surface area contributed by atoms with Gasteiger partial charge in [-0.1, -0.05) is 67.1 Å².